The summed E-state index contributed by atoms with van der Waals surface area (Å²) in [6, 6.07) is 0.371. The van der Waals surface area contributed by atoms with Crippen LogP contribution in [0.1, 0.15) is 27.7 Å². The third kappa shape index (κ3) is 4.55. The van der Waals surface area contributed by atoms with Gasteiger partial charge >= 0.3 is 0 Å². The van der Waals surface area contributed by atoms with Gasteiger partial charge in [-0.3, -0.25) is 9.69 Å². The van der Waals surface area contributed by atoms with Gasteiger partial charge in [-0.05, 0) is 27.3 Å². The standard InChI is InChI=1S/C13H28N4O/c1-5-16-6-8-17(9-7-16)11(2)10-15-12(18)13(3,4)14/h11H,5-10,14H2,1-4H3,(H,15,18). The van der Waals surface area contributed by atoms with Crippen LogP contribution in [0.15, 0.2) is 0 Å². The van der Waals surface area contributed by atoms with Crippen LogP contribution in [-0.2, 0) is 4.79 Å². The number of piperazine rings is 1. The molecule has 1 heterocycles. The highest BCUT2D eigenvalue weighted by molar-refractivity contribution is 5.85. The molecule has 1 fully saturated rings. The van der Waals surface area contributed by atoms with Crippen molar-refractivity contribution >= 4 is 5.91 Å². The number of carbonyl (C=O) groups excluding carboxylic acids is 1. The maximum atomic E-state index is 11.7. The molecule has 1 aliphatic heterocycles. The second-order valence-corrected chi connectivity index (χ2v) is 5.75. The van der Waals surface area contributed by atoms with E-state index in [1.807, 2.05) is 0 Å². The number of hydrogen-bond acceptors (Lipinski definition) is 4. The summed E-state index contributed by atoms with van der Waals surface area (Å²) >= 11 is 0. The van der Waals surface area contributed by atoms with Crippen molar-refractivity contribution in [3.05, 3.63) is 0 Å². The van der Waals surface area contributed by atoms with Crippen LogP contribution in [0.25, 0.3) is 0 Å². The highest BCUT2D eigenvalue weighted by atomic mass is 16.2. The minimum atomic E-state index is -0.791. The predicted molar refractivity (Wildman–Crippen MR) is 74.4 cm³/mol. The van der Waals surface area contributed by atoms with E-state index < -0.39 is 5.54 Å². The van der Waals surface area contributed by atoms with Crippen LogP contribution >= 0.6 is 0 Å². The Morgan fingerprint density at radius 2 is 1.89 bits per heavy atom. The molecule has 0 aromatic heterocycles. The Labute approximate surface area is 111 Å². The summed E-state index contributed by atoms with van der Waals surface area (Å²) in [6.07, 6.45) is 0. The van der Waals surface area contributed by atoms with E-state index >= 15 is 0 Å². The average molecular weight is 256 g/mol. The minimum absolute atomic E-state index is 0.0819. The van der Waals surface area contributed by atoms with Crippen molar-refractivity contribution in [1.82, 2.24) is 15.1 Å². The van der Waals surface area contributed by atoms with Crippen molar-refractivity contribution in [2.45, 2.75) is 39.3 Å². The molecule has 0 spiro atoms. The lowest BCUT2D eigenvalue weighted by molar-refractivity contribution is -0.125. The zero-order valence-electron chi connectivity index (χ0n) is 12.2. The van der Waals surface area contributed by atoms with Gasteiger partial charge in [-0.2, -0.15) is 0 Å². The van der Waals surface area contributed by atoms with Gasteiger partial charge in [-0.1, -0.05) is 6.92 Å². The summed E-state index contributed by atoms with van der Waals surface area (Å²) in [5.41, 5.74) is 4.96. The number of hydrogen-bond donors (Lipinski definition) is 2. The first-order chi connectivity index (χ1) is 8.34. The number of likely N-dealkylation sites (N-methyl/N-ethyl adjacent to an activating group) is 1. The molecule has 1 amide bonds. The third-order valence-corrected chi connectivity index (χ3v) is 3.62. The highest BCUT2D eigenvalue weighted by Gasteiger charge is 2.24. The van der Waals surface area contributed by atoms with Gasteiger partial charge in [0.15, 0.2) is 0 Å². The van der Waals surface area contributed by atoms with Crippen molar-refractivity contribution < 1.29 is 4.79 Å². The van der Waals surface area contributed by atoms with Crippen LogP contribution in [0.3, 0.4) is 0 Å². The topological polar surface area (TPSA) is 61.6 Å². The number of nitrogens with zero attached hydrogens (tertiary/aromatic N) is 2. The van der Waals surface area contributed by atoms with E-state index in [2.05, 4.69) is 29.0 Å². The molecule has 1 rings (SSSR count). The van der Waals surface area contributed by atoms with Crippen LogP contribution in [0.5, 0.6) is 0 Å². The van der Waals surface area contributed by atoms with Crippen molar-refractivity contribution in [3.63, 3.8) is 0 Å². The van der Waals surface area contributed by atoms with E-state index in [0.29, 0.717) is 12.6 Å². The molecule has 5 nitrogen and oxygen atoms in total. The monoisotopic (exact) mass is 256 g/mol. The maximum absolute atomic E-state index is 11.7. The molecule has 1 aliphatic rings. The lowest BCUT2D eigenvalue weighted by Crippen LogP contribution is -2.55. The van der Waals surface area contributed by atoms with Crippen LogP contribution < -0.4 is 11.1 Å². The Morgan fingerprint density at radius 3 is 2.33 bits per heavy atom. The second kappa shape index (κ2) is 6.50. The average Bonchev–Trinajstić information content (AvgIpc) is 2.34. The fourth-order valence-electron chi connectivity index (χ4n) is 2.12. The highest BCUT2D eigenvalue weighted by Crippen LogP contribution is 2.06. The molecule has 0 aliphatic carbocycles. The molecule has 0 radical (unpaired) electrons. The number of nitrogens with two attached hydrogens (primary N) is 1. The molecule has 1 saturated heterocycles. The van der Waals surface area contributed by atoms with Crippen molar-refractivity contribution in [2.24, 2.45) is 5.73 Å². The van der Waals surface area contributed by atoms with E-state index in [1.165, 1.54) is 0 Å². The number of amides is 1. The quantitative estimate of drug-likeness (QED) is 0.719. The van der Waals surface area contributed by atoms with Gasteiger partial charge < -0.3 is 16.0 Å². The number of carbonyl (C=O) groups is 1. The third-order valence-electron chi connectivity index (χ3n) is 3.62. The molecular formula is C13H28N4O. The van der Waals surface area contributed by atoms with Crippen molar-refractivity contribution in [3.8, 4) is 0 Å². The summed E-state index contributed by atoms with van der Waals surface area (Å²) < 4.78 is 0. The lowest BCUT2D eigenvalue weighted by Gasteiger charge is -2.37. The molecule has 0 bridgehead atoms. The smallest absolute Gasteiger partial charge is 0.239 e. The Bertz CT molecular complexity index is 267. The summed E-state index contributed by atoms with van der Waals surface area (Å²) in [5.74, 6) is -0.0819. The zero-order valence-corrected chi connectivity index (χ0v) is 12.2. The van der Waals surface area contributed by atoms with E-state index in [1.54, 1.807) is 13.8 Å². The van der Waals surface area contributed by atoms with Gasteiger partial charge in [0, 0.05) is 38.8 Å². The van der Waals surface area contributed by atoms with Crippen LogP contribution in [0.4, 0.5) is 0 Å². The van der Waals surface area contributed by atoms with Gasteiger partial charge in [0.25, 0.3) is 0 Å². The number of rotatable bonds is 5. The normalized spacial score (nSPS) is 20.7. The SMILES string of the molecule is CCN1CCN(C(C)CNC(=O)C(C)(C)N)CC1. The first-order valence-corrected chi connectivity index (χ1v) is 6.88. The molecular weight excluding hydrogens is 228 g/mol. The first kappa shape index (κ1) is 15.4. The van der Waals surface area contributed by atoms with Crippen LogP contribution in [0, 0.1) is 0 Å². The summed E-state index contributed by atoms with van der Waals surface area (Å²) in [7, 11) is 0. The van der Waals surface area contributed by atoms with E-state index in [0.717, 1.165) is 32.7 Å². The molecule has 3 N–H and O–H groups in total. The van der Waals surface area contributed by atoms with E-state index in [-0.39, 0.29) is 5.91 Å². The fraction of sp³-hybridized carbons (Fsp3) is 0.923. The van der Waals surface area contributed by atoms with Crippen molar-refractivity contribution in [1.29, 1.82) is 0 Å². The summed E-state index contributed by atoms with van der Waals surface area (Å²) in [4.78, 5) is 16.6. The predicted octanol–water partition coefficient (Wildman–Crippen LogP) is -0.134. The summed E-state index contributed by atoms with van der Waals surface area (Å²) in [6.45, 7) is 14.0. The molecule has 1 unspecified atom stereocenters. The molecule has 1 atom stereocenters. The van der Waals surface area contributed by atoms with Gasteiger partial charge in [0.1, 0.15) is 0 Å². The molecule has 0 aromatic rings. The van der Waals surface area contributed by atoms with E-state index in [9.17, 15) is 4.79 Å². The largest absolute Gasteiger partial charge is 0.353 e. The Balaban J connectivity index is 2.29. The molecule has 106 valence electrons. The minimum Gasteiger partial charge on any atom is -0.353 e. The Hall–Kier alpha value is -0.650. The van der Waals surface area contributed by atoms with Crippen molar-refractivity contribution in [2.75, 3.05) is 39.3 Å². The zero-order chi connectivity index (χ0) is 13.8. The van der Waals surface area contributed by atoms with Crippen LogP contribution in [-0.4, -0.2) is 66.6 Å². The van der Waals surface area contributed by atoms with E-state index in [4.69, 9.17) is 5.73 Å². The molecule has 0 saturated carbocycles. The Morgan fingerprint density at radius 1 is 1.33 bits per heavy atom. The molecule has 0 aromatic carbocycles. The lowest BCUT2D eigenvalue weighted by atomic mass is 10.1. The number of nitrogens with one attached hydrogen (secondary N) is 1. The molecule has 18 heavy (non-hydrogen) atoms. The first-order valence-electron chi connectivity index (χ1n) is 6.88. The summed E-state index contributed by atoms with van der Waals surface area (Å²) in [5, 5.41) is 2.93. The van der Waals surface area contributed by atoms with Gasteiger partial charge in [0.05, 0.1) is 5.54 Å². The van der Waals surface area contributed by atoms with Crippen LogP contribution in [0.2, 0.25) is 0 Å². The van der Waals surface area contributed by atoms with Gasteiger partial charge in [0.2, 0.25) is 5.91 Å². The van der Waals surface area contributed by atoms with Gasteiger partial charge in [-0.15, -0.1) is 0 Å². The Kier molecular flexibility index (Phi) is 5.56. The second-order valence-electron chi connectivity index (χ2n) is 5.75. The molecule has 5 heteroatoms. The fourth-order valence-corrected chi connectivity index (χ4v) is 2.12. The maximum Gasteiger partial charge on any atom is 0.239 e. The van der Waals surface area contributed by atoms with Gasteiger partial charge in [-0.25, -0.2) is 0 Å².